The molecule has 0 aliphatic carbocycles. The number of hydrogen-bond acceptors (Lipinski definition) is 4. The monoisotopic (exact) mass is 400 g/mol. The first-order valence-corrected chi connectivity index (χ1v) is 9.23. The minimum atomic E-state index is -2.05. The van der Waals surface area contributed by atoms with Gasteiger partial charge in [-0.2, -0.15) is 8.78 Å². The van der Waals surface area contributed by atoms with Crippen molar-refractivity contribution in [2.45, 2.75) is 44.6 Å². The number of halogens is 2. The van der Waals surface area contributed by atoms with Crippen molar-refractivity contribution >= 4 is 0 Å². The van der Waals surface area contributed by atoms with Crippen molar-refractivity contribution in [2.75, 3.05) is 0 Å². The number of hydrogen-bond donors (Lipinski definition) is 1. The predicted octanol–water partition coefficient (Wildman–Crippen LogP) is 4.05. The van der Waals surface area contributed by atoms with Crippen LogP contribution in [0, 0.1) is 11.8 Å². The molecular formula is C23H22F2O4. The van der Waals surface area contributed by atoms with E-state index in [0.29, 0.717) is 0 Å². The summed E-state index contributed by atoms with van der Waals surface area (Å²) in [4.78, 5) is 0. The van der Waals surface area contributed by atoms with E-state index in [2.05, 4.69) is 11.8 Å². The van der Waals surface area contributed by atoms with Gasteiger partial charge in [0.25, 0.3) is 0 Å². The van der Waals surface area contributed by atoms with Gasteiger partial charge in [-0.25, -0.2) is 0 Å². The average molecular weight is 400 g/mol. The van der Waals surface area contributed by atoms with Gasteiger partial charge in [-0.05, 0) is 18.1 Å². The molecule has 0 aromatic heterocycles. The summed E-state index contributed by atoms with van der Waals surface area (Å²) in [7, 11) is 0. The third-order valence-corrected chi connectivity index (χ3v) is 4.49. The third-order valence-electron chi connectivity index (χ3n) is 4.49. The lowest BCUT2D eigenvalue weighted by molar-refractivity contribution is -0.185. The van der Waals surface area contributed by atoms with Crippen molar-refractivity contribution in [3.05, 3.63) is 83.6 Å². The molecule has 0 bridgehead atoms. The number of aliphatic hydroxyl groups is 1. The summed E-state index contributed by atoms with van der Waals surface area (Å²) in [5.74, 6) is 4.64. The smallest absolute Gasteiger partial charge is 0.310 e. The Morgan fingerprint density at radius 1 is 0.966 bits per heavy atom. The van der Waals surface area contributed by atoms with Gasteiger partial charge in [-0.1, -0.05) is 66.6 Å². The van der Waals surface area contributed by atoms with E-state index in [4.69, 9.17) is 14.2 Å². The van der Waals surface area contributed by atoms with E-state index in [0.717, 1.165) is 11.1 Å². The highest BCUT2D eigenvalue weighted by Gasteiger charge is 2.46. The van der Waals surface area contributed by atoms with Crippen molar-refractivity contribution in [1.29, 1.82) is 0 Å². The standard InChI is InChI=1S/C23H22F2O4/c1-2-9-18-20(27-14-16-10-5-3-6-11-16)19(26)21(22(29-18)23(24)25)28-15-17-12-7-4-8-13-17/h3-8,10-13,18-21,26H,14-15H2,1H3/t18-,19+,20-,21+/m1/s1. The first-order chi connectivity index (χ1) is 14.1. The summed E-state index contributed by atoms with van der Waals surface area (Å²) in [6.07, 6.45) is -6.78. The maximum atomic E-state index is 13.5. The van der Waals surface area contributed by atoms with Gasteiger partial charge in [0.05, 0.1) is 13.2 Å². The van der Waals surface area contributed by atoms with Gasteiger partial charge in [0.2, 0.25) is 0 Å². The predicted molar refractivity (Wildman–Crippen MR) is 104 cm³/mol. The van der Waals surface area contributed by atoms with E-state index >= 15 is 0 Å². The second kappa shape index (κ2) is 10.2. The van der Waals surface area contributed by atoms with Gasteiger partial charge < -0.3 is 19.3 Å². The highest BCUT2D eigenvalue weighted by atomic mass is 19.3. The lowest BCUT2D eigenvalue weighted by atomic mass is 9.97. The van der Waals surface area contributed by atoms with Crippen LogP contribution in [0.1, 0.15) is 18.1 Å². The minimum Gasteiger partial charge on any atom is -0.471 e. The molecular weight excluding hydrogens is 378 g/mol. The molecule has 152 valence electrons. The van der Waals surface area contributed by atoms with E-state index < -0.39 is 36.3 Å². The molecule has 6 heteroatoms. The molecule has 0 amide bonds. The third kappa shape index (κ3) is 5.42. The van der Waals surface area contributed by atoms with E-state index in [-0.39, 0.29) is 13.2 Å². The Bertz CT molecular complexity index is 870. The van der Waals surface area contributed by atoms with E-state index in [1.807, 2.05) is 48.5 Å². The Kier molecular flexibility index (Phi) is 7.36. The number of aliphatic hydroxyl groups excluding tert-OH is 1. The molecule has 1 fully saturated rings. The Labute approximate surface area is 168 Å². The van der Waals surface area contributed by atoms with Crippen LogP contribution in [0.2, 0.25) is 0 Å². The maximum Gasteiger partial charge on any atom is 0.310 e. The summed E-state index contributed by atoms with van der Waals surface area (Å²) in [5, 5.41) is 10.8. The number of benzene rings is 2. The molecule has 2 aromatic carbocycles. The molecule has 29 heavy (non-hydrogen) atoms. The highest BCUT2D eigenvalue weighted by Crippen LogP contribution is 2.32. The van der Waals surface area contributed by atoms with Crippen LogP contribution in [0.5, 0.6) is 0 Å². The van der Waals surface area contributed by atoms with Crippen molar-refractivity contribution in [3.8, 4) is 11.8 Å². The molecule has 0 spiro atoms. The second-order valence-electron chi connectivity index (χ2n) is 6.53. The lowest BCUT2D eigenvalue weighted by Crippen LogP contribution is -2.53. The molecule has 0 unspecified atom stereocenters. The highest BCUT2D eigenvalue weighted by molar-refractivity contribution is 5.20. The van der Waals surface area contributed by atoms with Crippen LogP contribution >= 0.6 is 0 Å². The van der Waals surface area contributed by atoms with Crippen LogP contribution in [-0.2, 0) is 27.4 Å². The number of rotatable bonds is 6. The van der Waals surface area contributed by atoms with Crippen molar-refractivity contribution in [3.63, 3.8) is 0 Å². The summed E-state index contributed by atoms with van der Waals surface area (Å²) < 4.78 is 43.9. The van der Waals surface area contributed by atoms with Crippen LogP contribution in [0.3, 0.4) is 0 Å². The molecule has 0 saturated carbocycles. The van der Waals surface area contributed by atoms with Gasteiger partial charge in [0.15, 0.2) is 11.9 Å². The molecule has 0 radical (unpaired) electrons. The summed E-state index contributed by atoms with van der Waals surface area (Å²) in [6, 6.07) is 18.4. The fraction of sp³-hybridized carbons (Fsp3) is 0.304. The zero-order valence-corrected chi connectivity index (χ0v) is 15.9. The van der Waals surface area contributed by atoms with E-state index in [9.17, 15) is 13.9 Å². The second-order valence-corrected chi connectivity index (χ2v) is 6.53. The molecule has 1 aliphatic heterocycles. The topological polar surface area (TPSA) is 47.9 Å². The quantitative estimate of drug-likeness (QED) is 0.744. The zero-order valence-electron chi connectivity index (χ0n) is 15.9. The zero-order chi connectivity index (χ0) is 20.6. The SMILES string of the molecule is CC#C[C@H]1OC(=C(F)F)[C@@H](OCc2ccccc2)[C@@H](O)[C@@H]1OCc1ccccc1. The first-order valence-electron chi connectivity index (χ1n) is 9.23. The molecule has 1 aliphatic rings. The fourth-order valence-corrected chi connectivity index (χ4v) is 3.07. The lowest BCUT2D eigenvalue weighted by Gasteiger charge is -2.39. The van der Waals surface area contributed by atoms with Crippen LogP contribution in [0.25, 0.3) is 0 Å². The van der Waals surface area contributed by atoms with E-state index in [1.165, 1.54) is 0 Å². The first kappa shape index (κ1) is 21.0. The molecule has 4 nitrogen and oxygen atoms in total. The van der Waals surface area contributed by atoms with Crippen LogP contribution in [-0.4, -0.2) is 29.5 Å². The summed E-state index contributed by atoms with van der Waals surface area (Å²) in [6.45, 7) is 1.78. The number of ether oxygens (including phenoxy) is 3. The van der Waals surface area contributed by atoms with Gasteiger partial charge >= 0.3 is 6.08 Å². The Morgan fingerprint density at radius 2 is 1.52 bits per heavy atom. The Balaban J connectivity index is 1.79. The molecule has 1 heterocycles. The largest absolute Gasteiger partial charge is 0.471 e. The van der Waals surface area contributed by atoms with E-state index in [1.54, 1.807) is 19.1 Å². The molecule has 3 rings (SSSR count). The normalized spacial score (nSPS) is 23.7. The minimum absolute atomic E-state index is 0.0399. The van der Waals surface area contributed by atoms with Crippen LogP contribution in [0.15, 0.2) is 72.5 Å². The van der Waals surface area contributed by atoms with Crippen LogP contribution < -0.4 is 0 Å². The summed E-state index contributed by atoms with van der Waals surface area (Å²) in [5.41, 5.74) is 1.67. The van der Waals surface area contributed by atoms with Crippen molar-refractivity contribution in [2.24, 2.45) is 0 Å². The van der Waals surface area contributed by atoms with Gasteiger partial charge in [0.1, 0.15) is 18.3 Å². The Morgan fingerprint density at radius 3 is 2.03 bits per heavy atom. The van der Waals surface area contributed by atoms with Gasteiger partial charge in [-0.3, -0.25) is 0 Å². The van der Waals surface area contributed by atoms with Crippen LogP contribution in [0.4, 0.5) is 8.78 Å². The molecule has 1 saturated heterocycles. The maximum absolute atomic E-state index is 13.5. The fourth-order valence-electron chi connectivity index (χ4n) is 3.07. The van der Waals surface area contributed by atoms with Crippen molar-refractivity contribution < 1.29 is 28.1 Å². The molecule has 1 N–H and O–H groups in total. The Hall–Kier alpha value is -2.72. The van der Waals surface area contributed by atoms with Gasteiger partial charge in [-0.15, -0.1) is 5.92 Å². The van der Waals surface area contributed by atoms with Gasteiger partial charge in [0, 0.05) is 0 Å². The molecule has 2 aromatic rings. The van der Waals surface area contributed by atoms with Crippen molar-refractivity contribution in [1.82, 2.24) is 0 Å². The molecule has 4 atom stereocenters. The summed E-state index contributed by atoms with van der Waals surface area (Å²) >= 11 is 0. The average Bonchev–Trinajstić information content (AvgIpc) is 2.74.